The van der Waals surface area contributed by atoms with E-state index in [0.29, 0.717) is 11.3 Å². The van der Waals surface area contributed by atoms with Crippen molar-refractivity contribution in [3.05, 3.63) is 35.9 Å². The van der Waals surface area contributed by atoms with E-state index in [-0.39, 0.29) is 40.4 Å². The number of anilines is 1. The first-order valence-corrected chi connectivity index (χ1v) is 9.03. The molecule has 1 aromatic rings. The zero-order chi connectivity index (χ0) is 16.5. The van der Waals surface area contributed by atoms with Crippen LogP contribution in [0.1, 0.15) is 12.0 Å². The first-order chi connectivity index (χ1) is 10.8. The highest BCUT2D eigenvalue weighted by atomic mass is 32.2. The Kier molecular flexibility index (Phi) is 2.87. The Bertz CT molecular complexity index is 844. The number of hydrogen-bond acceptors (Lipinski definition) is 4. The second kappa shape index (κ2) is 4.52. The van der Waals surface area contributed by atoms with E-state index in [1.54, 1.807) is 13.0 Å². The Morgan fingerprint density at radius 3 is 2.17 bits per heavy atom. The molecule has 1 aromatic carbocycles. The van der Waals surface area contributed by atoms with Gasteiger partial charge in [0.05, 0.1) is 22.4 Å². The lowest BCUT2D eigenvalue weighted by atomic mass is 9.85. The number of carbonyl (C=O) groups is 2. The summed E-state index contributed by atoms with van der Waals surface area (Å²) >= 11 is 0. The lowest BCUT2D eigenvalue weighted by Gasteiger charge is -2.20. The summed E-state index contributed by atoms with van der Waals surface area (Å²) in [5, 5.41) is 5.16. The van der Waals surface area contributed by atoms with E-state index in [2.05, 4.69) is 0 Å². The predicted molar refractivity (Wildman–Crippen MR) is 82.8 cm³/mol. The third kappa shape index (κ3) is 1.93. The van der Waals surface area contributed by atoms with Crippen molar-refractivity contribution in [2.75, 3.05) is 4.90 Å². The van der Waals surface area contributed by atoms with Crippen LogP contribution in [0.15, 0.2) is 35.2 Å². The number of hydrogen-bond donors (Lipinski definition) is 1. The lowest BCUT2D eigenvalue weighted by Crippen LogP contribution is -2.33. The summed E-state index contributed by atoms with van der Waals surface area (Å²) < 4.78 is 23.1. The van der Waals surface area contributed by atoms with E-state index in [4.69, 9.17) is 5.14 Å². The number of nitrogens with zero attached hydrogens (tertiary/aromatic N) is 1. The molecule has 120 valence electrons. The van der Waals surface area contributed by atoms with Gasteiger partial charge < -0.3 is 0 Å². The van der Waals surface area contributed by atoms with E-state index in [1.165, 1.54) is 12.1 Å². The fraction of sp³-hybridized carbons (Fsp3) is 0.375. The molecule has 1 saturated carbocycles. The number of carbonyl (C=O) groups excluding carboxylic acids is 2. The van der Waals surface area contributed by atoms with Crippen LogP contribution in [0, 0.1) is 30.6 Å². The molecule has 3 aliphatic rings. The number of benzene rings is 1. The van der Waals surface area contributed by atoms with Crippen molar-refractivity contribution in [3.8, 4) is 0 Å². The summed E-state index contributed by atoms with van der Waals surface area (Å²) in [5.41, 5.74) is 0.986. The summed E-state index contributed by atoms with van der Waals surface area (Å²) in [6, 6.07) is 4.26. The average Bonchev–Trinajstić information content (AvgIpc) is 3.13. The molecule has 23 heavy (non-hydrogen) atoms. The van der Waals surface area contributed by atoms with Crippen molar-refractivity contribution in [2.24, 2.45) is 28.8 Å². The van der Waals surface area contributed by atoms with Crippen molar-refractivity contribution in [3.63, 3.8) is 0 Å². The van der Waals surface area contributed by atoms with Gasteiger partial charge in [0, 0.05) is 0 Å². The fourth-order valence-corrected chi connectivity index (χ4v) is 4.68. The smallest absolute Gasteiger partial charge is 0.238 e. The molecule has 0 spiro atoms. The third-order valence-electron chi connectivity index (χ3n) is 5.22. The van der Waals surface area contributed by atoms with E-state index in [0.717, 1.165) is 11.3 Å². The molecule has 1 aliphatic heterocycles. The van der Waals surface area contributed by atoms with Crippen LogP contribution in [0.5, 0.6) is 0 Å². The number of fused-ring (bicyclic) bond motifs is 5. The van der Waals surface area contributed by atoms with Crippen molar-refractivity contribution >= 4 is 27.5 Å². The second-order valence-electron chi connectivity index (χ2n) is 6.51. The molecule has 2 amide bonds. The van der Waals surface area contributed by atoms with Gasteiger partial charge in [-0.3, -0.25) is 9.59 Å². The molecule has 0 unspecified atom stereocenters. The highest BCUT2D eigenvalue weighted by Crippen LogP contribution is 2.53. The predicted octanol–water partition coefficient (Wildman–Crippen LogP) is 0.954. The summed E-state index contributed by atoms with van der Waals surface area (Å²) in [6.45, 7) is 1.74. The van der Waals surface area contributed by atoms with Crippen LogP contribution in [0.3, 0.4) is 0 Å². The Balaban J connectivity index is 1.81. The summed E-state index contributed by atoms with van der Waals surface area (Å²) in [7, 11) is -3.90. The molecule has 2 aliphatic carbocycles. The Morgan fingerprint density at radius 2 is 1.65 bits per heavy atom. The summed E-state index contributed by atoms with van der Waals surface area (Å²) in [5.74, 6) is -0.843. The maximum absolute atomic E-state index is 12.8. The minimum Gasteiger partial charge on any atom is -0.274 e. The standard InChI is InChI=1S/C16H16N2O4S/c1-8-2-5-11(23(17,21)22)7-12(8)18-15(19)13-9-3-4-10(6-9)14(13)16(18)20/h2-5,7,9-10,13-14H,6H2,1H3,(H2,17,21,22)/t9-,10-,13-,14+/m0/s1. The Morgan fingerprint density at radius 1 is 1.09 bits per heavy atom. The van der Waals surface area contributed by atoms with Gasteiger partial charge in [-0.15, -0.1) is 0 Å². The molecule has 1 heterocycles. The molecule has 2 bridgehead atoms. The largest absolute Gasteiger partial charge is 0.274 e. The number of nitrogens with two attached hydrogens (primary N) is 1. The van der Waals surface area contributed by atoms with Crippen LogP contribution in [0.2, 0.25) is 0 Å². The van der Waals surface area contributed by atoms with Gasteiger partial charge in [0.15, 0.2) is 0 Å². The van der Waals surface area contributed by atoms with Crippen molar-refractivity contribution in [1.82, 2.24) is 0 Å². The number of aryl methyl sites for hydroxylation is 1. The zero-order valence-electron chi connectivity index (χ0n) is 12.5. The van der Waals surface area contributed by atoms with E-state index < -0.39 is 10.0 Å². The second-order valence-corrected chi connectivity index (χ2v) is 8.07. The van der Waals surface area contributed by atoms with Crippen LogP contribution in [-0.4, -0.2) is 20.2 Å². The van der Waals surface area contributed by atoms with E-state index in [9.17, 15) is 18.0 Å². The van der Waals surface area contributed by atoms with Crippen LogP contribution < -0.4 is 10.0 Å². The van der Waals surface area contributed by atoms with E-state index in [1.807, 2.05) is 12.2 Å². The topological polar surface area (TPSA) is 97.5 Å². The van der Waals surface area contributed by atoms with Gasteiger partial charge >= 0.3 is 0 Å². The highest BCUT2D eigenvalue weighted by molar-refractivity contribution is 7.89. The number of primary sulfonamides is 1. The number of allylic oxidation sites excluding steroid dienone is 2. The van der Waals surface area contributed by atoms with Gasteiger partial charge in [0.25, 0.3) is 0 Å². The first kappa shape index (κ1) is 14.6. The molecule has 0 radical (unpaired) electrons. The maximum Gasteiger partial charge on any atom is 0.238 e. The Labute approximate surface area is 134 Å². The number of amides is 2. The minimum absolute atomic E-state index is 0.100. The molecular formula is C16H16N2O4S. The summed E-state index contributed by atoms with van der Waals surface area (Å²) in [4.78, 5) is 26.6. The molecular weight excluding hydrogens is 316 g/mol. The minimum atomic E-state index is -3.90. The maximum atomic E-state index is 12.8. The van der Waals surface area contributed by atoms with E-state index >= 15 is 0 Å². The molecule has 6 nitrogen and oxygen atoms in total. The number of sulfonamides is 1. The average molecular weight is 332 g/mol. The quantitative estimate of drug-likeness (QED) is 0.644. The van der Waals surface area contributed by atoms with Crippen LogP contribution >= 0.6 is 0 Å². The first-order valence-electron chi connectivity index (χ1n) is 7.48. The molecule has 0 aromatic heterocycles. The van der Waals surface area contributed by atoms with Crippen LogP contribution in [-0.2, 0) is 19.6 Å². The lowest BCUT2D eigenvalue weighted by molar-refractivity contribution is -0.123. The SMILES string of the molecule is Cc1ccc(S(N)(=O)=O)cc1N1C(=O)[C@@H]2[C@H](C1=O)[C@H]1C=C[C@H]2C1. The molecule has 4 rings (SSSR count). The van der Waals surface area contributed by atoms with Crippen molar-refractivity contribution < 1.29 is 18.0 Å². The van der Waals surface area contributed by atoms with Crippen molar-refractivity contribution in [1.29, 1.82) is 0 Å². The van der Waals surface area contributed by atoms with Gasteiger partial charge in [0.1, 0.15) is 0 Å². The van der Waals surface area contributed by atoms with Gasteiger partial charge in [-0.2, -0.15) is 0 Å². The highest BCUT2D eigenvalue weighted by Gasteiger charge is 2.59. The van der Waals surface area contributed by atoms with Gasteiger partial charge in [-0.25, -0.2) is 18.5 Å². The van der Waals surface area contributed by atoms with Gasteiger partial charge in [0.2, 0.25) is 21.8 Å². The summed E-state index contributed by atoms with van der Waals surface area (Å²) in [6.07, 6.45) is 4.90. The van der Waals surface area contributed by atoms with Crippen molar-refractivity contribution in [2.45, 2.75) is 18.2 Å². The third-order valence-corrected chi connectivity index (χ3v) is 6.13. The number of imide groups is 1. The normalized spacial score (nSPS) is 32.0. The monoisotopic (exact) mass is 332 g/mol. The van der Waals surface area contributed by atoms with Gasteiger partial charge in [-0.1, -0.05) is 18.2 Å². The molecule has 1 saturated heterocycles. The molecule has 4 atom stereocenters. The zero-order valence-corrected chi connectivity index (χ0v) is 13.3. The van der Waals surface area contributed by atoms with Crippen LogP contribution in [0.25, 0.3) is 0 Å². The molecule has 2 fully saturated rings. The van der Waals surface area contributed by atoms with Crippen LogP contribution in [0.4, 0.5) is 5.69 Å². The molecule has 2 N–H and O–H groups in total. The Hall–Kier alpha value is -1.99. The fourth-order valence-electron chi connectivity index (χ4n) is 4.15. The number of rotatable bonds is 2. The molecule has 7 heteroatoms. The van der Waals surface area contributed by atoms with Gasteiger partial charge in [-0.05, 0) is 42.9 Å².